The molecular weight excluding hydrogens is 394 g/mol. The highest BCUT2D eigenvalue weighted by molar-refractivity contribution is 7.10. The number of unbranched alkanes of at least 4 members (excludes halogenated alkanes) is 1. The van der Waals surface area contributed by atoms with Crippen LogP contribution in [0.4, 0.5) is 0 Å². The topological polar surface area (TPSA) is 82.8 Å². The lowest BCUT2D eigenvalue weighted by Crippen LogP contribution is -2.46. The smallest absolute Gasteiger partial charge is 0.220 e. The van der Waals surface area contributed by atoms with Gasteiger partial charge in [0.1, 0.15) is 0 Å². The molecule has 1 saturated heterocycles. The Kier molecular flexibility index (Phi) is 9.00. The van der Waals surface area contributed by atoms with Crippen molar-refractivity contribution in [2.45, 2.75) is 63.2 Å². The van der Waals surface area contributed by atoms with Gasteiger partial charge in [-0.2, -0.15) is 0 Å². The van der Waals surface area contributed by atoms with Gasteiger partial charge in [-0.05, 0) is 69.6 Å². The van der Waals surface area contributed by atoms with E-state index in [1.54, 1.807) is 0 Å². The summed E-state index contributed by atoms with van der Waals surface area (Å²) in [5.74, 6) is 0.865. The number of thiophene rings is 1. The quantitative estimate of drug-likeness (QED) is 0.317. The SMILES string of the molecule is CN=C(NCCCCN1CCC(C(N)=O)CC1)NCC1(c2cccs2)CCCCC1. The number of carbonyl (C=O) groups excluding carboxylic acids is 1. The van der Waals surface area contributed by atoms with E-state index in [2.05, 4.69) is 38.0 Å². The van der Waals surface area contributed by atoms with Crippen LogP contribution < -0.4 is 16.4 Å². The lowest BCUT2D eigenvalue weighted by Gasteiger charge is -2.37. The van der Waals surface area contributed by atoms with Crippen molar-refractivity contribution in [1.82, 2.24) is 15.5 Å². The average molecular weight is 434 g/mol. The van der Waals surface area contributed by atoms with E-state index in [1.807, 2.05) is 18.4 Å². The molecule has 1 aliphatic carbocycles. The Morgan fingerprint density at radius 3 is 2.63 bits per heavy atom. The number of likely N-dealkylation sites (tertiary alicyclic amines) is 1. The largest absolute Gasteiger partial charge is 0.369 e. The summed E-state index contributed by atoms with van der Waals surface area (Å²) >= 11 is 1.90. The molecule has 6 nitrogen and oxygen atoms in total. The van der Waals surface area contributed by atoms with Gasteiger partial charge in [-0.1, -0.05) is 25.3 Å². The Balaban J connectivity index is 1.34. The van der Waals surface area contributed by atoms with Gasteiger partial charge in [-0.15, -0.1) is 11.3 Å². The number of nitrogens with one attached hydrogen (secondary N) is 2. The third-order valence-corrected chi connectivity index (χ3v) is 7.97. The first-order valence-electron chi connectivity index (χ1n) is 11.6. The monoisotopic (exact) mass is 433 g/mol. The van der Waals surface area contributed by atoms with Crippen LogP contribution in [-0.2, 0) is 10.2 Å². The Morgan fingerprint density at radius 1 is 1.23 bits per heavy atom. The van der Waals surface area contributed by atoms with Crippen LogP contribution in [0.15, 0.2) is 22.5 Å². The number of carbonyl (C=O) groups is 1. The zero-order valence-corrected chi connectivity index (χ0v) is 19.3. The molecule has 1 aromatic heterocycles. The number of aliphatic imine (C=N–C) groups is 1. The van der Waals surface area contributed by atoms with Crippen LogP contribution in [0.5, 0.6) is 0 Å². The Morgan fingerprint density at radius 2 is 2.00 bits per heavy atom. The summed E-state index contributed by atoms with van der Waals surface area (Å²) in [6.45, 7) is 4.98. The van der Waals surface area contributed by atoms with Crippen LogP contribution in [0.3, 0.4) is 0 Å². The van der Waals surface area contributed by atoms with Crippen molar-refractivity contribution in [3.63, 3.8) is 0 Å². The average Bonchev–Trinajstić information content (AvgIpc) is 3.32. The fourth-order valence-electron chi connectivity index (χ4n) is 4.90. The van der Waals surface area contributed by atoms with Gasteiger partial charge in [0.05, 0.1) is 0 Å². The van der Waals surface area contributed by atoms with Crippen molar-refractivity contribution in [1.29, 1.82) is 0 Å². The van der Waals surface area contributed by atoms with Crippen LogP contribution in [0.25, 0.3) is 0 Å². The van der Waals surface area contributed by atoms with Crippen LogP contribution >= 0.6 is 11.3 Å². The Hall–Kier alpha value is -1.60. The number of hydrogen-bond acceptors (Lipinski definition) is 4. The maximum atomic E-state index is 11.3. The minimum atomic E-state index is -0.133. The molecule has 0 bridgehead atoms. The van der Waals surface area contributed by atoms with Crippen LogP contribution in [0.1, 0.15) is 62.7 Å². The highest BCUT2D eigenvalue weighted by Gasteiger charge is 2.34. The number of nitrogens with zero attached hydrogens (tertiary/aromatic N) is 2. The zero-order chi connectivity index (χ0) is 21.2. The lowest BCUT2D eigenvalue weighted by atomic mass is 9.73. The molecule has 2 heterocycles. The molecule has 0 unspecified atom stereocenters. The highest BCUT2D eigenvalue weighted by Crippen LogP contribution is 2.41. The summed E-state index contributed by atoms with van der Waals surface area (Å²) in [4.78, 5) is 19.7. The van der Waals surface area contributed by atoms with Crippen LogP contribution in [0.2, 0.25) is 0 Å². The molecular formula is C23H39N5OS. The molecule has 1 amide bonds. The van der Waals surface area contributed by atoms with E-state index in [0.717, 1.165) is 64.4 Å². The Labute approximate surface area is 185 Å². The second-order valence-corrected chi connectivity index (χ2v) is 9.84. The normalized spacial score (nSPS) is 20.8. The van der Waals surface area contributed by atoms with E-state index in [-0.39, 0.29) is 17.2 Å². The molecule has 0 radical (unpaired) electrons. The summed E-state index contributed by atoms with van der Waals surface area (Å²) in [6, 6.07) is 4.49. The molecule has 0 atom stereocenters. The molecule has 7 heteroatoms. The molecule has 1 aliphatic heterocycles. The van der Waals surface area contributed by atoms with Gasteiger partial charge in [0.15, 0.2) is 5.96 Å². The molecule has 0 spiro atoms. The van der Waals surface area contributed by atoms with Gasteiger partial charge in [0, 0.05) is 36.3 Å². The van der Waals surface area contributed by atoms with E-state index in [0.29, 0.717) is 0 Å². The maximum absolute atomic E-state index is 11.3. The third-order valence-electron chi connectivity index (χ3n) is 6.86. The van der Waals surface area contributed by atoms with E-state index in [1.165, 1.54) is 37.0 Å². The van der Waals surface area contributed by atoms with Crippen molar-refractivity contribution in [2.75, 3.05) is 39.8 Å². The molecule has 1 aromatic rings. The van der Waals surface area contributed by atoms with E-state index in [9.17, 15) is 4.79 Å². The molecule has 3 rings (SSSR count). The summed E-state index contributed by atoms with van der Waals surface area (Å²) in [5.41, 5.74) is 5.68. The molecule has 4 N–H and O–H groups in total. The van der Waals surface area contributed by atoms with Crippen molar-refractivity contribution in [2.24, 2.45) is 16.6 Å². The lowest BCUT2D eigenvalue weighted by molar-refractivity contribution is -0.123. The highest BCUT2D eigenvalue weighted by atomic mass is 32.1. The first-order chi connectivity index (χ1) is 14.6. The molecule has 2 fully saturated rings. The minimum Gasteiger partial charge on any atom is -0.369 e. The molecule has 1 saturated carbocycles. The predicted octanol–water partition coefficient (Wildman–Crippen LogP) is 3.09. The van der Waals surface area contributed by atoms with Crippen LogP contribution in [-0.4, -0.2) is 56.5 Å². The summed E-state index contributed by atoms with van der Waals surface area (Å²) < 4.78 is 0. The van der Waals surface area contributed by atoms with Gasteiger partial charge in [-0.25, -0.2) is 0 Å². The first-order valence-corrected chi connectivity index (χ1v) is 12.5. The predicted molar refractivity (Wildman–Crippen MR) is 126 cm³/mol. The van der Waals surface area contributed by atoms with Gasteiger partial charge < -0.3 is 21.3 Å². The minimum absolute atomic E-state index is 0.0824. The summed E-state index contributed by atoms with van der Waals surface area (Å²) in [6.07, 6.45) is 10.6. The number of nitrogens with two attached hydrogens (primary N) is 1. The standard InChI is InChI=1S/C23H39N5OS/c1-25-22(26-13-5-6-14-28-15-9-19(10-16-28)21(24)29)27-18-23(11-3-2-4-12-23)20-8-7-17-30-20/h7-8,17,19H,2-6,9-16,18H2,1H3,(H2,24,29)(H2,25,26,27). The van der Waals surface area contributed by atoms with Crippen molar-refractivity contribution >= 4 is 23.2 Å². The zero-order valence-electron chi connectivity index (χ0n) is 18.5. The maximum Gasteiger partial charge on any atom is 0.220 e. The van der Waals surface area contributed by atoms with Crippen molar-refractivity contribution < 1.29 is 4.79 Å². The molecule has 0 aromatic carbocycles. The van der Waals surface area contributed by atoms with Gasteiger partial charge >= 0.3 is 0 Å². The van der Waals surface area contributed by atoms with E-state index >= 15 is 0 Å². The number of hydrogen-bond donors (Lipinski definition) is 3. The molecule has 2 aliphatic rings. The van der Waals surface area contributed by atoms with Gasteiger partial charge in [0.2, 0.25) is 5.91 Å². The first kappa shape index (κ1) is 23.1. The second-order valence-electron chi connectivity index (χ2n) is 8.90. The Bertz CT molecular complexity index is 661. The fraction of sp³-hybridized carbons (Fsp3) is 0.739. The van der Waals surface area contributed by atoms with E-state index < -0.39 is 0 Å². The number of primary amides is 1. The number of rotatable bonds is 9. The molecule has 168 valence electrons. The fourth-order valence-corrected chi connectivity index (χ4v) is 5.89. The van der Waals surface area contributed by atoms with Gasteiger partial charge in [0.25, 0.3) is 0 Å². The second kappa shape index (κ2) is 11.7. The van der Waals surface area contributed by atoms with Crippen molar-refractivity contribution in [3.8, 4) is 0 Å². The van der Waals surface area contributed by atoms with Crippen molar-refractivity contribution in [3.05, 3.63) is 22.4 Å². The summed E-state index contributed by atoms with van der Waals surface area (Å²) in [5, 5.41) is 9.31. The van der Waals surface area contributed by atoms with E-state index in [4.69, 9.17) is 5.73 Å². The number of piperidine rings is 1. The molecule has 30 heavy (non-hydrogen) atoms. The van der Waals surface area contributed by atoms with Crippen LogP contribution in [0, 0.1) is 5.92 Å². The van der Waals surface area contributed by atoms with Gasteiger partial charge in [-0.3, -0.25) is 9.79 Å². The third kappa shape index (κ3) is 6.45. The summed E-state index contributed by atoms with van der Waals surface area (Å²) in [7, 11) is 1.86. The number of amides is 1. The number of guanidine groups is 1.